The number of carbonyl (C=O) groups is 2. The molecule has 5 nitrogen and oxygen atoms in total. The van der Waals surface area contributed by atoms with Crippen LogP contribution in [0, 0.1) is 19.3 Å². The number of amides is 2. The Morgan fingerprint density at radius 2 is 1.90 bits per heavy atom. The Labute approximate surface area is 119 Å². The van der Waals surface area contributed by atoms with E-state index in [0.717, 1.165) is 16.8 Å². The molecule has 0 heterocycles. The SMILES string of the molecule is COC(=O)C(C)(C)CNC(=O)Nc1ccc(C)cc1C. The number of nitrogens with one attached hydrogen (secondary N) is 2. The number of ether oxygens (including phenoxy) is 1. The highest BCUT2D eigenvalue weighted by atomic mass is 16.5. The van der Waals surface area contributed by atoms with Crippen LogP contribution in [0.1, 0.15) is 25.0 Å². The molecule has 1 rings (SSSR count). The summed E-state index contributed by atoms with van der Waals surface area (Å²) in [5.41, 5.74) is 2.13. The number of aryl methyl sites for hydroxylation is 2. The van der Waals surface area contributed by atoms with Crippen LogP contribution in [0.3, 0.4) is 0 Å². The summed E-state index contributed by atoms with van der Waals surface area (Å²) in [5.74, 6) is -0.357. The van der Waals surface area contributed by atoms with Gasteiger partial charge in [-0.1, -0.05) is 17.7 Å². The predicted molar refractivity (Wildman–Crippen MR) is 78.7 cm³/mol. The van der Waals surface area contributed by atoms with E-state index in [-0.39, 0.29) is 18.5 Å². The summed E-state index contributed by atoms with van der Waals surface area (Å²) >= 11 is 0. The van der Waals surface area contributed by atoms with E-state index in [9.17, 15) is 9.59 Å². The third-order valence-corrected chi connectivity index (χ3v) is 3.06. The van der Waals surface area contributed by atoms with E-state index in [2.05, 4.69) is 15.4 Å². The van der Waals surface area contributed by atoms with E-state index >= 15 is 0 Å². The summed E-state index contributed by atoms with van der Waals surface area (Å²) < 4.78 is 4.69. The summed E-state index contributed by atoms with van der Waals surface area (Å²) in [5, 5.41) is 5.44. The average Bonchev–Trinajstić information content (AvgIpc) is 2.39. The molecular formula is C15H22N2O3. The maximum absolute atomic E-state index is 11.8. The van der Waals surface area contributed by atoms with Gasteiger partial charge < -0.3 is 15.4 Å². The molecule has 0 saturated carbocycles. The number of benzene rings is 1. The van der Waals surface area contributed by atoms with Crippen LogP contribution in [0.5, 0.6) is 0 Å². The lowest BCUT2D eigenvalue weighted by atomic mass is 9.94. The minimum Gasteiger partial charge on any atom is -0.469 e. The molecule has 0 spiro atoms. The van der Waals surface area contributed by atoms with Gasteiger partial charge in [-0.05, 0) is 39.3 Å². The monoisotopic (exact) mass is 278 g/mol. The quantitative estimate of drug-likeness (QED) is 0.832. The van der Waals surface area contributed by atoms with E-state index in [1.54, 1.807) is 13.8 Å². The molecule has 0 radical (unpaired) electrons. The lowest BCUT2D eigenvalue weighted by Crippen LogP contribution is -2.41. The zero-order valence-corrected chi connectivity index (χ0v) is 12.7. The van der Waals surface area contributed by atoms with Gasteiger partial charge in [0.2, 0.25) is 0 Å². The minimum atomic E-state index is -0.756. The van der Waals surface area contributed by atoms with E-state index < -0.39 is 5.41 Å². The largest absolute Gasteiger partial charge is 0.469 e. The van der Waals surface area contributed by atoms with Crippen LogP contribution in [0.15, 0.2) is 18.2 Å². The summed E-state index contributed by atoms with van der Waals surface area (Å²) in [7, 11) is 1.33. The topological polar surface area (TPSA) is 67.4 Å². The number of rotatable bonds is 4. The number of methoxy groups -OCH3 is 1. The molecule has 2 N–H and O–H groups in total. The van der Waals surface area contributed by atoms with Crippen LogP contribution in [0.25, 0.3) is 0 Å². The molecular weight excluding hydrogens is 256 g/mol. The molecule has 0 bridgehead atoms. The van der Waals surface area contributed by atoms with Crippen molar-refractivity contribution < 1.29 is 14.3 Å². The Balaban J connectivity index is 2.58. The van der Waals surface area contributed by atoms with Crippen molar-refractivity contribution in [3.05, 3.63) is 29.3 Å². The first-order valence-corrected chi connectivity index (χ1v) is 6.47. The molecule has 0 saturated heterocycles. The van der Waals surface area contributed by atoms with E-state index in [1.807, 2.05) is 32.0 Å². The Bertz CT molecular complexity index is 510. The average molecular weight is 278 g/mol. The molecule has 0 aliphatic heterocycles. The van der Waals surface area contributed by atoms with Crippen molar-refractivity contribution in [2.45, 2.75) is 27.7 Å². The molecule has 0 fully saturated rings. The third-order valence-electron chi connectivity index (χ3n) is 3.06. The van der Waals surface area contributed by atoms with Gasteiger partial charge in [0.15, 0.2) is 0 Å². The molecule has 0 aliphatic carbocycles. The van der Waals surface area contributed by atoms with Crippen molar-refractivity contribution in [3.63, 3.8) is 0 Å². The van der Waals surface area contributed by atoms with Crippen LogP contribution in [0.2, 0.25) is 0 Å². The molecule has 0 aliphatic rings. The number of hydrogen-bond donors (Lipinski definition) is 2. The summed E-state index contributed by atoms with van der Waals surface area (Å²) in [6, 6.07) is 5.44. The first-order chi connectivity index (χ1) is 9.26. The van der Waals surface area contributed by atoms with E-state index in [4.69, 9.17) is 0 Å². The maximum Gasteiger partial charge on any atom is 0.319 e. The highest BCUT2D eigenvalue weighted by molar-refractivity contribution is 5.90. The molecule has 1 aromatic rings. The second-order valence-electron chi connectivity index (χ2n) is 5.50. The van der Waals surface area contributed by atoms with E-state index in [0.29, 0.717) is 0 Å². The third kappa shape index (κ3) is 4.26. The lowest BCUT2D eigenvalue weighted by molar-refractivity contribution is -0.150. The molecule has 1 aromatic carbocycles. The van der Waals surface area contributed by atoms with Crippen LogP contribution >= 0.6 is 0 Å². The predicted octanol–water partition coefficient (Wildman–Crippen LogP) is 2.62. The summed E-state index contributed by atoms with van der Waals surface area (Å²) in [6.07, 6.45) is 0. The minimum absolute atomic E-state index is 0.205. The van der Waals surface area contributed by atoms with Crippen LogP contribution in [-0.2, 0) is 9.53 Å². The number of carbonyl (C=O) groups excluding carboxylic acids is 2. The maximum atomic E-state index is 11.8. The van der Waals surface area contributed by atoms with Crippen molar-refractivity contribution in [3.8, 4) is 0 Å². The Morgan fingerprint density at radius 3 is 2.45 bits per heavy atom. The van der Waals surface area contributed by atoms with Crippen LogP contribution < -0.4 is 10.6 Å². The fourth-order valence-corrected chi connectivity index (χ4v) is 1.77. The van der Waals surface area contributed by atoms with Gasteiger partial charge in [0.05, 0.1) is 12.5 Å². The van der Waals surface area contributed by atoms with Crippen LogP contribution in [0.4, 0.5) is 10.5 Å². The standard InChI is InChI=1S/C15H22N2O3/c1-10-6-7-12(11(2)8-10)17-14(19)16-9-15(3,4)13(18)20-5/h6-8H,9H2,1-5H3,(H2,16,17,19). The Kier molecular flexibility index (Phi) is 5.13. The molecule has 0 unspecified atom stereocenters. The second-order valence-corrected chi connectivity index (χ2v) is 5.50. The fourth-order valence-electron chi connectivity index (χ4n) is 1.77. The Hall–Kier alpha value is -2.04. The molecule has 20 heavy (non-hydrogen) atoms. The van der Waals surface area contributed by atoms with Crippen molar-refractivity contribution in [2.24, 2.45) is 5.41 Å². The van der Waals surface area contributed by atoms with Crippen molar-refractivity contribution in [2.75, 3.05) is 19.0 Å². The lowest BCUT2D eigenvalue weighted by Gasteiger charge is -2.22. The number of esters is 1. The van der Waals surface area contributed by atoms with Gasteiger partial charge in [-0.25, -0.2) is 4.79 Å². The molecule has 110 valence electrons. The van der Waals surface area contributed by atoms with Gasteiger partial charge in [0.1, 0.15) is 0 Å². The smallest absolute Gasteiger partial charge is 0.319 e. The van der Waals surface area contributed by atoms with Crippen LogP contribution in [-0.4, -0.2) is 25.7 Å². The number of hydrogen-bond acceptors (Lipinski definition) is 3. The zero-order valence-electron chi connectivity index (χ0n) is 12.7. The molecule has 5 heteroatoms. The summed E-state index contributed by atoms with van der Waals surface area (Å²) in [6.45, 7) is 7.57. The van der Waals surface area contributed by atoms with Gasteiger partial charge >= 0.3 is 12.0 Å². The molecule has 0 aromatic heterocycles. The summed E-state index contributed by atoms with van der Waals surface area (Å²) in [4.78, 5) is 23.3. The fraction of sp³-hybridized carbons (Fsp3) is 0.467. The van der Waals surface area contributed by atoms with Crippen molar-refractivity contribution >= 4 is 17.7 Å². The van der Waals surface area contributed by atoms with Crippen molar-refractivity contribution in [1.29, 1.82) is 0 Å². The first kappa shape index (κ1) is 16.0. The van der Waals surface area contributed by atoms with Crippen molar-refractivity contribution in [1.82, 2.24) is 5.32 Å². The van der Waals surface area contributed by atoms with Gasteiger partial charge in [-0.15, -0.1) is 0 Å². The normalized spacial score (nSPS) is 10.8. The highest BCUT2D eigenvalue weighted by Gasteiger charge is 2.29. The van der Waals surface area contributed by atoms with Gasteiger partial charge in [0.25, 0.3) is 0 Å². The van der Waals surface area contributed by atoms with Gasteiger partial charge in [0, 0.05) is 12.2 Å². The number of anilines is 1. The molecule has 2 amide bonds. The highest BCUT2D eigenvalue weighted by Crippen LogP contribution is 2.17. The van der Waals surface area contributed by atoms with E-state index in [1.165, 1.54) is 7.11 Å². The first-order valence-electron chi connectivity index (χ1n) is 6.47. The number of urea groups is 1. The van der Waals surface area contributed by atoms with Gasteiger partial charge in [-0.2, -0.15) is 0 Å². The Morgan fingerprint density at radius 1 is 1.25 bits per heavy atom. The molecule has 0 atom stereocenters. The van der Waals surface area contributed by atoms with Gasteiger partial charge in [-0.3, -0.25) is 4.79 Å². The zero-order chi connectivity index (χ0) is 15.3. The second kappa shape index (κ2) is 6.41.